The summed E-state index contributed by atoms with van der Waals surface area (Å²) in [6.07, 6.45) is 1.60. The predicted molar refractivity (Wildman–Crippen MR) is 63.8 cm³/mol. The standard InChI is InChI=1S/C13H13NO3/c1-17-10-2-3-13(16)11(7-10)12-6-9(8-15)4-5-14-12/h2-7,15-16H,8H2,1H3. The maximum absolute atomic E-state index is 9.79. The highest BCUT2D eigenvalue weighted by Crippen LogP contribution is 2.31. The number of aliphatic hydroxyl groups excluding tert-OH is 1. The van der Waals surface area contributed by atoms with E-state index in [0.29, 0.717) is 17.0 Å². The van der Waals surface area contributed by atoms with Gasteiger partial charge in [0.1, 0.15) is 11.5 Å². The minimum atomic E-state index is -0.0553. The van der Waals surface area contributed by atoms with E-state index in [0.717, 1.165) is 5.56 Å². The van der Waals surface area contributed by atoms with Crippen molar-refractivity contribution in [3.63, 3.8) is 0 Å². The SMILES string of the molecule is COc1ccc(O)c(-c2cc(CO)ccn2)c1. The van der Waals surface area contributed by atoms with Gasteiger partial charge < -0.3 is 14.9 Å². The summed E-state index contributed by atoms with van der Waals surface area (Å²) in [6.45, 7) is -0.0553. The van der Waals surface area contributed by atoms with Crippen LogP contribution in [-0.2, 0) is 6.61 Å². The van der Waals surface area contributed by atoms with Crippen LogP contribution in [0.1, 0.15) is 5.56 Å². The van der Waals surface area contributed by atoms with Crippen LogP contribution in [0.3, 0.4) is 0 Å². The highest BCUT2D eigenvalue weighted by Gasteiger charge is 2.07. The van der Waals surface area contributed by atoms with Gasteiger partial charge in [-0.2, -0.15) is 0 Å². The number of phenols is 1. The zero-order valence-electron chi connectivity index (χ0n) is 9.42. The molecule has 1 aromatic carbocycles. The molecular weight excluding hydrogens is 218 g/mol. The average molecular weight is 231 g/mol. The number of ether oxygens (including phenoxy) is 1. The number of methoxy groups -OCH3 is 1. The zero-order valence-corrected chi connectivity index (χ0v) is 9.42. The lowest BCUT2D eigenvalue weighted by Gasteiger charge is -2.07. The van der Waals surface area contributed by atoms with Crippen molar-refractivity contribution in [2.75, 3.05) is 7.11 Å². The molecule has 0 aliphatic carbocycles. The fourth-order valence-electron chi connectivity index (χ4n) is 1.57. The van der Waals surface area contributed by atoms with Crippen molar-refractivity contribution in [1.29, 1.82) is 0 Å². The molecule has 4 heteroatoms. The number of aromatic hydroxyl groups is 1. The smallest absolute Gasteiger partial charge is 0.125 e. The second-order valence-corrected chi connectivity index (χ2v) is 3.59. The van der Waals surface area contributed by atoms with Crippen LogP contribution in [0, 0.1) is 0 Å². The normalized spacial score (nSPS) is 10.2. The molecule has 1 aromatic heterocycles. The Morgan fingerprint density at radius 2 is 2.06 bits per heavy atom. The fraction of sp³-hybridized carbons (Fsp3) is 0.154. The number of pyridine rings is 1. The largest absolute Gasteiger partial charge is 0.507 e. The molecular formula is C13H13NO3. The van der Waals surface area contributed by atoms with Gasteiger partial charge in [-0.25, -0.2) is 0 Å². The van der Waals surface area contributed by atoms with E-state index < -0.39 is 0 Å². The van der Waals surface area contributed by atoms with Gasteiger partial charge in [-0.3, -0.25) is 4.98 Å². The molecule has 0 bridgehead atoms. The molecule has 0 fully saturated rings. The van der Waals surface area contributed by atoms with E-state index in [2.05, 4.69) is 4.98 Å². The number of aliphatic hydroxyl groups is 1. The molecule has 2 N–H and O–H groups in total. The van der Waals surface area contributed by atoms with Crippen LogP contribution in [0.4, 0.5) is 0 Å². The first kappa shape index (κ1) is 11.4. The monoisotopic (exact) mass is 231 g/mol. The van der Waals surface area contributed by atoms with Crippen LogP contribution in [0.15, 0.2) is 36.5 Å². The quantitative estimate of drug-likeness (QED) is 0.847. The highest BCUT2D eigenvalue weighted by atomic mass is 16.5. The van der Waals surface area contributed by atoms with Gasteiger partial charge in [-0.05, 0) is 35.9 Å². The van der Waals surface area contributed by atoms with Gasteiger partial charge in [0.15, 0.2) is 0 Å². The van der Waals surface area contributed by atoms with Gasteiger partial charge in [0.25, 0.3) is 0 Å². The van der Waals surface area contributed by atoms with Gasteiger partial charge in [0.05, 0.1) is 19.4 Å². The minimum Gasteiger partial charge on any atom is -0.507 e. The van der Waals surface area contributed by atoms with Crippen LogP contribution >= 0.6 is 0 Å². The number of hydrogen-bond donors (Lipinski definition) is 2. The molecule has 0 saturated heterocycles. The van der Waals surface area contributed by atoms with Crippen molar-refractivity contribution in [3.05, 3.63) is 42.1 Å². The summed E-state index contributed by atoms with van der Waals surface area (Å²) in [5, 5.41) is 18.9. The Hall–Kier alpha value is -2.07. The summed E-state index contributed by atoms with van der Waals surface area (Å²) in [6, 6.07) is 8.39. The molecule has 0 amide bonds. The summed E-state index contributed by atoms with van der Waals surface area (Å²) in [5.41, 5.74) is 1.94. The Kier molecular flexibility index (Phi) is 3.25. The van der Waals surface area contributed by atoms with E-state index in [9.17, 15) is 5.11 Å². The Morgan fingerprint density at radius 3 is 2.76 bits per heavy atom. The van der Waals surface area contributed by atoms with Crippen LogP contribution in [0.5, 0.6) is 11.5 Å². The third-order valence-electron chi connectivity index (χ3n) is 2.49. The summed E-state index contributed by atoms with van der Waals surface area (Å²) in [4.78, 5) is 4.17. The minimum absolute atomic E-state index is 0.0553. The topological polar surface area (TPSA) is 62.6 Å². The Labute approximate surface area is 99.1 Å². The van der Waals surface area contributed by atoms with Gasteiger partial charge in [-0.1, -0.05) is 0 Å². The molecule has 17 heavy (non-hydrogen) atoms. The predicted octanol–water partition coefficient (Wildman–Crippen LogP) is 1.96. The molecule has 0 aliphatic rings. The number of rotatable bonds is 3. The maximum atomic E-state index is 9.79. The molecule has 0 radical (unpaired) electrons. The van der Waals surface area contributed by atoms with Crippen LogP contribution in [0.25, 0.3) is 11.3 Å². The second-order valence-electron chi connectivity index (χ2n) is 3.59. The van der Waals surface area contributed by atoms with Crippen molar-refractivity contribution >= 4 is 0 Å². The molecule has 2 aromatic rings. The van der Waals surface area contributed by atoms with E-state index in [1.54, 1.807) is 43.6 Å². The molecule has 2 rings (SSSR count). The average Bonchev–Trinajstić information content (AvgIpc) is 2.39. The lowest BCUT2D eigenvalue weighted by atomic mass is 10.1. The Bertz CT molecular complexity index is 526. The lowest BCUT2D eigenvalue weighted by Crippen LogP contribution is -1.90. The first-order chi connectivity index (χ1) is 8.24. The molecule has 0 aliphatic heterocycles. The van der Waals surface area contributed by atoms with Crippen molar-refractivity contribution in [2.45, 2.75) is 6.61 Å². The first-order valence-electron chi connectivity index (χ1n) is 5.17. The summed E-state index contributed by atoms with van der Waals surface area (Å²) >= 11 is 0. The number of hydrogen-bond acceptors (Lipinski definition) is 4. The summed E-state index contributed by atoms with van der Waals surface area (Å²) < 4.78 is 5.10. The van der Waals surface area contributed by atoms with Crippen molar-refractivity contribution in [3.8, 4) is 22.8 Å². The van der Waals surface area contributed by atoms with Crippen LogP contribution in [-0.4, -0.2) is 22.3 Å². The maximum Gasteiger partial charge on any atom is 0.125 e. The Morgan fingerprint density at radius 1 is 1.24 bits per heavy atom. The van der Waals surface area contributed by atoms with Gasteiger partial charge >= 0.3 is 0 Å². The Balaban J connectivity index is 2.50. The molecule has 0 atom stereocenters. The van der Waals surface area contributed by atoms with Gasteiger partial charge in [0, 0.05) is 11.8 Å². The molecule has 0 saturated carbocycles. The molecule has 4 nitrogen and oxygen atoms in total. The van der Waals surface area contributed by atoms with Crippen molar-refractivity contribution in [2.24, 2.45) is 0 Å². The third kappa shape index (κ3) is 2.37. The van der Waals surface area contributed by atoms with Gasteiger partial charge in [-0.15, -0.1) is 0 Å². The second kappa shape index (κ2) is 4.84. The number of aromatic nitrogens is 1. The van der Waals surface area contributed by atoms with E-state index in [1.165, 1.54) is 0 Å². The van der Waals surface area contributed by atoms with E-state index >= 15 is 0 Å². The highest BCUT2D eigenvalue weighted by molar-refractivity contribution is 5.68. The zero-order chi connectivity index (χ0) is 12.3. The molecule has 88 valence electrons. The van der Waals surface area contributed by atoms with Crippen LogP contribution in [0.2, 0.25) is 0 Å². The molecule has 0 spiro atoms. The molecule has 1 heterocycles. The summed E-state index contributed by atoms with van der Waals surface area (Å²) in [7, 11) is 1.56. The number of benzene rings is 1. The third-order valence-corrected chi connectivity index (χ3v) is 2.49. The number of nitrogens with zero attached hydrogens (tertiary/aromatic N) is 1. The van der Waals surface area contributed by atoms with E-state index in [-0.39, 0.29) is 12.4 Å². The first-order valence-corrected chi connectivity index (χ1v) is 5.17. The lowest BCUT2D eigenvalue weighted by molar-refractivity contribution is 0.282. The van der Waals surface area contributed by atoms with Crippen LogP contribution < -0.4 is 4.74 Å². The summed E-state index contributed by atoms with van der Waals surface area (Å²) in [5.74, 6) is 0.780. The molecule has 0 unspecified atom stereocenters. The van der Waals surface area contributed by atoms with E-state index in [4.69, 9.17) is 9.84 Å². The van der Waals surface area contributed by atoms with Crippen molar-refractivity contribution < 1.29 is 14.9 Å². The number of phenolic OH excluding ortho intramolecular Hbond substituents is 1. The van der Waals surface area contributed by atoms with E-state index in [1.807, 2.05) is 0 Å². The van der Waals surface area contributed by atoms with Crippen molar-refractivity contribution in [1.82, 2.24) is 4.98 Å². The fourth-order valence-corrected chi connectivity index (χ4v) is 1.57. The van der Waals surface area contributed by atoms with Gasteiger partial charge in [0.2, 0.25) is 0 Å².